The molecule has 0 aromatic heterocycles. The zero-order chi connectivity index (χ0) is 11.1. The van der Waals surface area contributed by atoms with Gasteiger partial charge in [0, 0.05) is 20.3 Å². The molecule has 0 heterocycles. The SMILES string of the molecule is COCOc1ccc(Cl)c(OCOC)c1. The maximum absolute atomic E-state index is 5.90. The Morgan fingerprint density at radius 2 is 1.73 bits per heavy atom. The molecule has 4 nitrogen and oxygen atoms in total. The molecule has 0 bridgehead atoms. The first-order valence-corrected chi connectivity index (χ1v) is 4.68. The minimum absolute atomic E-state index is 0.146. The molecule has 0 amide bonds. The standard InChI is InChI=1S/C10H13ClO4/c1-12-6-14-8-3-4-9(11)10(5-8)15-7-13-2/h3-5H,6-7H2,1-2H3. The van der Waals surface area contributed by atoms with E-state index in [9.17, 15) is 0 Å². The van der Waals surface area contributed by atoms with Crippen molar-refractivity contribution in [3.63, 3.8) is 0 Å². The second-order valence-electron chi connectivity index (χ2n) is 2.69. The molecule has 0 saturated carbocycles. The van der Waals surface area contributed by atoms with Crippen LogP contribution < -0.4 is 9.47 Å². The van der Waals surface area contributed by atoms with E-state index < -0.39 is 0 Å². The first kappa shape index (κ1) is 12.1. The highest BCUT2D eigenvalue weighted by molar-refractivity contribution is 6.32. The fourth-order valence-corrected chi connectivity index (χ4v) is 1.11. The van der Waals surface area contributed by atoms with Gasteiger partial charge < -0.3 is 18.9 Å². The molecule has 0 spiro atoms. The molecule has 0 atom stereocenters. The summed E-state index contributed by atoms with van der Waals surface area (Å²) >= 11 is 5.90. The normalized spacial score (nSPS) is 10.1. The highest BCUT2D eigenvalue weighted by atomic mass is 35.5. The Morgan fingerprint density at radius 3 is 2.40 bits per heavy atom. The molecule has 15 heavy (non-hydrogen) atoms. The van der Waals surface area contributed by atoms with Gasteiger partial charge in [-0.2, -0.15) is 0 Å². The topological polar surface area (TPSA) is 36.9 Å². The van der Waals surface area contributed by atoms with E-state index >= 15 is 0 Å². The molecule has 84 valence electrons. The molecule has 0 fully saturated rings. The third-order valence-electron chi connectivity index (χ3n) is 1.58. The van der Waals surface area contributed by atoms with E-state index in [-0.39, 0.29) is 13.6 Å². The monoisotopic (exact) mass is 232 g/mol. The summed E-state index contributed by atoms with van der Waals surface area (Å²) in [5.41, 5.74) is 0. The summed E-state index contributed by atoms with van der Waals surface area (Å²) < 4.78 is 20.0. The lowest BCUT2D eigenvalue weighted by atomic mass is 10.3. The van der Waals surface area contributed by atoms with Crippen LogP contribution in [0.3, 0.4) is 0 Å². The zero-order valence-corrected chi connectivity index (χ0v) is 9.41. The van der Waals surface area contributed by atoms with Crippen molar-refractivity contribution in [2.75, 3.05) is 27.8 Å². The van der Waals surface area contributed by atoms with E-state index in [0.717, 1.165) is 0 Å². The van der Waals surface area contributed by atoms with E-state index in [1.807, 2.05) is 0 Å². The Hall–Kier alpha value is -0.970. The summed E-state index contributed by atoms with van der Waals surface area (Å²) in [6.45, 7) is 0.332. The van der Waals surface area contributed by atoms with Crippen LogP contribution in [0.2, 0.25) is 5.02 Å². The van der Waals surface area contributed by atoms with E-state index in [2.05, 4.69) is 0 Å². The molecular weight excluding hydrogens is 220 g/mol. The van der Waals surface area contributed by atoms with Crippen molar-refractivity contribution < 1.29 is 18.9 Å². The lowest BCUT2D eigenvalue weighted by Gasteiger charge is -2.09. The van der Waals surface area contributed by atoms with Gasteiger partial charge in [0.2, 0.25) is 0 Å². The molecule has 0 unspecified atom stereocenters. The predicted octanol–water partition coefficient (Wildman–Crippen LogP) is 2.31. The molecule has 0 saturated heterocycles. The number of benzene rings is 1. The molecule has 0 N–H and O–H groups in total. The van der Waals surface area contributed by atoms with Crippen molar-refractivity contribution in [1.29, 1.82) is 0 Å². The summed E-state index contributed by atoms with van der Waals surface area (Å²) in [7, 11) is 3.09. The molecule has 5 heteroatoms. The zero-order valence-electron chi connectivity index (χ0n) is 8.66. The quantitative estimate of drug-likeness (QED) is 0.706. The molecule has 0 aliphatic heterocycles. The van der Waals surface area contributed by atoms with Gasteiger partial charge in [-0.15, -0.1) is 0 Å². The molecular formula is C10H13ClO4. The molecule has 0 radical (unpaired) electrons. The summed E-state index contributed by atoms with van der Waals surface area (Å²) in [5.74, 6) is 1.15. The Morgan fingerprint density at radius 1 is 1.07 bits per heavy atom. The largest absolute Gasteiger partial charge is 0.467 e. The number of rotatable bonds is 6. The van der Waals surface area contributed by atoms with Gasteiger partial charge in [-0.25, -0.2) is 0 Å². The van der Waals surface area contributed by atoms with Crippen LogP contribution in [0.5, 0.6) is 11.5 Å². The van der Waals surface area contributed by atoms with Crippen molar-refractivity contribution in [3.8, 4) is 11.5 Å². The lowest BCUT2D eigenvalue weighted by Crippen LogP contribution is -2.01. The van der Waals surface area contributed by atoms with E-state index in [0.29, 0.717) is 16.5 Å². The molecule has 0 aliphatic carbocycles. The van der Waals surface area contributed by atoms with Crippen LogP contribution in [-0.4, -0.2) is 27.8 Å². The van der Waals surface area contributed by atoms with Crippen LogP contribution in [0.4, 0.5) is 0 Å². The molecule has 1 aromatic carbocycles. The van der Waals surface area contributed by atoms with Crippen LogP contribution in [0.1, 0.15) is 0 Å². The Bertz CT molecular complexity index is 303. The van der Waals surface area contributed by atoms with Crippen LogP contribution in [0.15, 0.2) is 18.2 Å². The van der Waals surface area contributed by atoms with Crippen molar-refractivity contribution in [3.05, 3.63) is 23.2 Å². The second kappa shape index (κ2) is 6.50. The van der Waals surface area contributed by atoms with Gasteiger partial charge in [-0.1, -0.05) is 11.6 Å². The summed E-state index contributed by atoms with van der Waals surface area (Å²) in [4.78, 5) is 0. The summed E-state index contributed by atoms with van der Waals surface area (Å²) in [5, 5.41) is 0.511. The predicted molar refractivity (Wildman–Crippen MR) is 56.5 cm³/mol. The maximum Gasteiger partial charge on any atom is 0.188 e. The van der Waals surface area contributed by atoms with Gasteiger partial charge in [-0.05, 0) is 12.1 Å². The number of hydrogen-bond acceptors (Lipinski definition) is 4. The van der Waals surface area contributed by atoms with Gasteiger partial charge in [0.15, 0.2) is 13.6 Å². The Balaban J connectivity index is 2.66. The molecule has 1 rings (SSSR count). The van der Waals surface area contributed by atoms with E-state index in [1.165, 1.54) is 0 Å². The molecule has 1 aromatic rings. The summed E-state index contributed by atoms with van der Waals surface area (Å²) in [6.07, 6.45) is 0. The van der Waals surface area contributed by atoms with Crippen molar-refractivity contribution in [2.24, 2.45) is 0 Å². The van der Waals surface area contributed by atoms with Crippen LogP contribution >= 0.6 is 11.6 Å². The fraction of sp³-hybridized carbons (Fsp3) is 0.400. The van der Waals surface area contributed by atoms with Crippen LogP contribution in [-0.2, 0) is 9.47 Å². The van der Waals surface area contributed by atoms with Gasteiger partial charge in [0.25, 0.3) is 0 Å². The maximum atomic E-state index is 5.90. The van der Waals surface area contributed by atoms with Crippen molar-refractivity contribution in [2.45, 2.75) is 0 Å². The van der Waals surface area contributed by atoms with Gasteiger partial charge in [-0.3, -0.25) is 0 Å². The fourth-order valence-electron chi connectivity index (χ4n) is 0.933. The Labute approximate surface area is 93.6 Å². The third-order valence-corrected chi connectivity index (χ3v) is 1.89. The first-order chi connectivity index (χ1) is 7.27. The molecule has 0 aliphatic rings. The Kier molecular flexibility index (Phi) is 5.25. The number of ether oxygens (including phenoxy) is 4. The van der Waals surface area contributed by atoms with Gasteiger partial charge >= 0.3 is 0 Å². The van der Waals surface area contributed by atoms with Crippen molar-refractivity contribution >= 4 is 11.6 Å². The average molecular weight is 233 g/mol. The second-order valence-corrected chi connectivity index (χ2v) is 3.10. The highest BCUT2D eigenvalue weighted by Crippen LogP contribution is 2.28. The number of hydrogen-bond donors (Lipinski definition) is 0. The van der Waals surface area contributed by atoms with Crippen LogP contribution in [0, 0.1) is 0 Å². The van der Waals surface area contributed by atoms with Gasteiger partial charge in [0.05, 0.1) is 5.02 Å². The summed E-state index contributed by atoms with van der Waals surface area (Å²) in [6, 6.07) is 5.11. The van der Waals surface area contributed by atoms with Gasteiger partial charge in [0.1, 0.15) is 11.5 Å². The highest BCUT2D eigenvalue weighted by Gasteiger charge is 2.03. The smallest absolute Gasteiger partial charge is 0.188 e. The minimum Gasteiger partial charge on any atom is -0.467 e. The lowest BCUT2D eigenvalue weighted by molar-refractivity contribution is 0.0461. The number of methoxy groups -OCH3 is 2. The van der Waals surface area contributed by atoms with E-state index in [1.54, 1.807) is 32.4 Å². The first-order valence-electron chi connectivity index (χ1n) is 4.31. The average Bonchev–Trinajstić information content (AvgIpc) is 2.26. The van der Waals surface area contributed by atoms with Crippen molar-refractivity contribution in [1.82, 2.24) is 0 Å². The van der Waals surface area contributed by atoms with Crippen LogP contribution in [0.25, 0.3) is 0 Å². The number of halogens is 1. The minimum atomic E-state index is 0.146. The third kappa shape index (κ3) is 3.95. The van der Waals surface area contributed by atoms with E-state index in [4.69, 9.17) is 30.5 Å².